The highest BCUT2D eigenvalue weighted by Crippen LogP contribution is 2.34. The maximum absolute atomic E-state index is 14.5. The summed E-state index contributed by atoms with van der Waals surface area (Å²) in [6.45, 7) is 5.06. The predicted octanol–water partition coefficient (Wildman–Crippen LogP) is 6.07. The number of rotatable bonds is 4. The molecule has 0 spiro atoms. The normalized spacial score (nSPS) is 21.3. The number of halogens is 1. The Kier molecular flexibility index (Phi) is 5.12. The molecule has 1 aliphatic rings. The fourth-order valence-corrected chi connectivity index (χ4v) is 3.40. The predicted molar refractivity (Wildman–Crippen MR) is 92.9 cm³/mol. The molecule has 1 heterocycles. The molecule has 1 fully saturated rings. The van der Waals surface area contributed by atoms with Crippen molar-refractivity contribution in [1.29, 1.82) is 0 Å². The Bertz CT molecular complexity index is 639. The summed E-state index contributed by atoms with van der Waals surface area (Å²) in [5.74, 6) is 0.513. The molecule has 0 saturated carbocycles. The summed E-state index contributed by atoms with van der Waals surface area (Å²) in [5.41, 5.74) is 3.73. The van der Waals surface area contributed by atoms with E-state index in [9.17, 15) is 4.39 Å². The number of hydrogen-bond acceptors (Lipinski definition) is 1. The second-order valence-corrected chi connectivity index (χ2v) is 6.66. The van der Waals surface area contributed by atoms with Gasteiger partial charge in [-0.1, -0.05) is 55.3 Å². The van der Waals surface area contributed by atoms with E-state index in [4.69, 9.17) is 4.74 Å². The highest BCUT2D eigenvalue weighted by molar-refractivity contribution is 5.64. The summed E-state index contributed by atoms with van der Waals surface area (Å²) in [6, 6.07) is 13.5. The summed E-state index contributed by atoms with van der Waals surface area (Å²) >= 11 is 0. The molecule has 122 valence electrons. The fourth-order valence-electron chi connectivity index (χ4n) is 3.40. The second-order valence-electron chi connectivity index (χ2n) is 6.66. The number of ether oxygens (including phenoxy) is 1. The molecule has 1 saturated heterocycles. The third-order valence-corrected chi connectivity index (χ3v) is 4.79. The van der Waals surface area contributed by atoms with E-state index in [-0.39, 0.29) is 11.9 Å². The van der Waals surface area contributed by atoms with Gasteiger partial charge in [-0.05, 0) is 49.3 Å². The highest BCUT2D eigenvalue weighted by Gasteiger charge is 2.23. The summed E-state index contributed by atoms with van der Waals surface area (Å²) < 4.78 is 20.5. The zero-order valence-electron chi connectivity index (χ0n) is 14.0. The van der Waals surface area contributed by atoms with Crippen molar-refractivity contribution in [3.05, 3.63) is 59.4 Å². The van der Waals surface area contributed by atoms with E-state index in [2.05, 4.69) is 6.92 Å². The van der Waals surface area contributed by atoms with Crippen molar-refractivity contribution in [3.8, 4) is 11.1 Å². The molecule has 2 atom stereocenters. The Balaban J connectivity index is 1.74. The molecule has 0 radical (unpaired) electrons. The van der Waals surface area contributed by atoms with E-state index >= 15 is 0 Å². The van der Waals surface area contributed by atoms with E-state index in [1.54, 1.807) is 6.07 Å². The van der Waals surface area contributed by atoms with E-state index in [0.29, 0.717) is 11.5 Å². The topological polar surface area (TPSA) is 9.23 Å². The molecular weight excluding hydrogens is 287 g/mol. The van der Waals surface area contributed by atoms with Gasteiger partial charge in [-0.2, -0.15) is 0 Å². The summed E-state index contributed by atoms with van der Waals surface area (Å²) in [5, 5.41) is 0. The fraction of sp³-hybridized carbons (Fsp3) is 0.429. The quantitative estimate of drug-likeness (QED) is 0.666. The van der Waals surface area contributed by atoms with Crippen LogP contribution < -0.4 is 0 Å². The summed E-state index contributed by atoms with van der Waals surface area (Å²) in [4.78, 5) is 0. The van der Waals surface area contributed by atoms with Gasteiger partial charge < -0.3 is 4.74 Å². The smallest absolute Gasteiger partial charge is 0.131 e. The molecule has 2 unspecified atom stereocenters. The molecule has 2 aromatic rings. The maximum atomic E-state index is 14.5. The largest absolute Gasteiger partial charge is 0.373 e. The van der Waals surface area contributed by atoms with Crippen LogP contribution in [0.15, 0.2) is 42.5 Å². The SMILES string of the molecule is CCCC1CCC(c2ccc(-c3ccc(C)cc3)c(F)c2)OC1. The molecule has 0 aliphatic carbocycles. The van der Waals surface area contributed by atoms with Crippen molar-refractivity contribution >= 4 is 0 Å². The van der Waals surface area contributed by atoms with Crippen LogP contribution in [0.5, 0.6) is 0 Å². The van der Waals surface area contributed by atoms with Crippen molar-refractivity contribution in [2.24, 2.45) is 5.92 Å². The highest BCUT2D eigenvalue weighted by atomic mass is 19.1. The van der Waals surface area contributed by atoms with Crippen molar-refractivity contribution in [3.63, 3.8) is 0 Å². The van der Waals surface area contributed by atoms with Crippen LogP contribution in [0.2, 0.25) is 0 Å². The molecule has 3 rings (SSSR count). The van der Waals surface area contributed by atoms with Crippen molar-refractivity contribution in [2.75, 3.05) is 6.61 Å². The molecule has 2 heteroatoms. The Hall–Kier alpha value is -1.67. The lowest BCUT2D eigenvalue weighted by Crippen LogP contribution is -2.20. The van der Waals surface area contributed by atoms with E-state index < -0.39 is 0 Å². The Morgan fingerprint density at radius 1 is 1.09 bits per heavy atom. The molecule has 0 aromatic heterocycles. The monoisotopic (exact) mass is 312 g/mol. The minimum Gasteiger partial charge on any atom is -0.373 e. The number of hydrogen-bond donors (Lipinski definition) is 0. The first-order valence-corrected chi connectivity index (χ1v) is 8.65. The van der Waals surface area contributed by atoms with Crippen LogP contribution >= 0.6 is 0 Å². The van der Waals surface area contributed by atoms with Gasteiger partial charge in [-0.15, -0.1) is 0 Å². The van der Waals surface area contributed by atoms with Crippen LogP contribution in [-0.2, 0) is 4.74 Å². The van der Waals surface area contributed by atoms with E-state index in [1.165, 1.54) is 24.8 Å². The van der Waals surface area contributed by atoms with Crippen LogP contribution in [0.4, 0.5) is 4.39 Å². The first-order chi connectivity index (χ1) is 11.2. The second kappa shape index (κ2) is 7.27. The van der Waals surface area contributed by atoms with Gasteiger partial charge in [0.2, 0.25) is 0 Å². The number of benzene rings is 2. The van der Waals surface area contributed by atoms with Crippen molar-refractivity contribution in [2.45, 2.75) is 45.6 Å². The van der Waals surface area contributed by atoms with Crippen molar-refractivity contribution in [1.82, 2.24) is 0 Å². The third-order valence-electron chi connectivity index (χ3n) is 4.79. The van der Waals surface area contributed by atoms with Gasteiger partial charge in [0.15, 0.2) is 0 Å². The van der Waals surface area contributed by atoms with Gasteiger partial charge in [0.05, 0.1) is 12.7 Å². The van der Waals surface area contributed by atoms with Crippen LogP contribution in [0, 0.1) is 18.7 Å². The van der Waals surface area contributed by atoms with E-state index in [1.807, 2.05) is 43.3 Å². The molecule has 23 heavy (non-hydrogen) atoms. The van der Waals surface area contributed by atoms with Gasteiger partial charge >= 0.3 is 0 Å². The van der Waals surface area contributed by atoms with Gasteiger partial charge in [0.1, 0.15) is 5.82 Å². The van der Waals surface area contributed by atoms with Crippen molar-refractivity contribution < 1.29 is 9.13 Å². The Labute approximate surface area is 138 Å². The van der Waals surface area contributed by atoms with Crippen LogP contribution in [-0.4, -0.2) is 6.61 Å². The lowest BCUT2D eigenvalue weighted by molar-refractivity contribution is -0.0195. The molecule has 2 aromatic carbocycles. The maximum Gasteiger partial charge on any atom is 0.131 e. The first-order valence-electron chi connectivity index (χ1n) is 8.65. The van der Waals surface area contributed by atoms with Crippen LogP contribution in [0.1, 0.15) is 49.8 Å². The molecule has 0 bridgehead atoms. The van der Waals surface area contributed by atoms with Gasteiger partial charge in [0, 0.05) is 5.56 Å². The molecule has 1 nitrogen and oxygen atoms in total. The average molecular weight is 312 g/mol. The first kappa shape index (κ1) is 16.2. The standard InChI is InChI=1S/C21H25FO/c1-3-4-16-7-12-21(23-14-16)18-10-11-19(20(22)13-18)17-8-5-15(2)6-9-17/h5-6,8-11,13,16,21H,3-4,7,12,14H2,1-2H3. The average Bonchev–Trinajstić information content (AvgIpc) is 2.57. The third kappa shape index (κ3) is 3.81. The zero-order valence-corrected chi connectivity index (χ0v) is 14.0. The Morgan fingerprint density at radius 2 is 1.87 bits per heavy atom. The van der Waals surface area contributed by atoms with E-state index in [0.717, 1.165) is 24.2 Å². The minimum absolute atomic E-state index is 0.0460. The summed E-state index contributed by atoms with van der Waals surface area (Å²) in [6.07, 6.45) is 4.66. The summed E-state index contributed by atoms with van der Waals surface area (Å²) in [7, 11) is 0. The Morgan fingerprint density at radius 3 is 2.48 bits per heavy atom. The zero-order chi connectivity index (χ0) is 16.2. The minimum atomic E-state index is -0.161. The molecule has 1 aliphatic heterocycles. The molecule has 0 N–H and O–H groups in total. The lowest BCUT2D eigenvalue weighted by Gasteiger charge is -2.29. The van der Waals surface area contributed by atoms with Gasteiger partial charge in [-0.25, -0.2) is 4.39 Å². The van der Waals surface area contributed by atoms with Gasteiger partial charge in [0.25, 0.3) is 0 Å². The van der Waals surface area contributed by atoms with Crippen LogP contribution in [0.3, 0.4) is 0 Å². The lowest BCUT2D eigenvalue weighted by atomic mass is 9.91. The number of aryl methyl sites for hydroxylation is 1. The van der Waals surface area contributed by atoms with Gasteiger partial charge in [-0.3, -0.25) is 0 Å². The molecule has 0 amide bonds. The molecular formula is C21H25FO. The van der Waals surface area contributed by atoms with Crippen LogP contribution in [0.25, 0.3) is 11.1 Å².